The highest BCUT2D eigenvalue weighted by Crippen LogP contribution is 2.18. The van der Waals surface area contributed by atoms with E-state index in [1.165, 1.54) is 0 Å². The van der Waals surface area contributed by atoms with Crippen molar-refractivity contribution in [2.24, 2.45) is 5.92 Å². The molecule has 1 nitrogen and oxygen atoms in total. The van der Waals surface area contributed by atoms with Crippen molar-refractivity contribution in [1.29, 1.82) is 0 Å². The van der Waals surface area contributed by atoms with Gasteiger partial charge in [0.15, 0.2) is 6.30 Å². The van der Waals surface area contributed by atoms with Crippen LogP contribution in [0.5, 0.6) is 0 Å². The average molecular weight is 129 g/mol. The second-order valence-corrected chi connectivity index (χ2v) is 2.71. The molecule has 0 amide bonds. The van der Waals surface area contributed by atoms with Gasteiger partial charge in [-0.15, -0.1) is 0 Å². The van der Waals surface area contributed by atoms with E-state index in [1.54, 1.807) is 0 Å². The van der Waals surface area contributed by atoms with Crippen LogP contribution in [0.15, 0.2) is 12.2 Å². The Hall–Kier alpha value is -0.370. The highest BCUT2D eigenvalue weighted by atomic mass is 19.1. The van der Waals surface area contributed by atoms with Gasteiger partial charge in [0.25, 0.3) is 0 Å². The lowest BCUT2D eigenvalue weighted by atomic mass is 9.97. The molecule has 1 aliphatic rings. The van der Waals surface area contributed by atoms with Gasteiger partial charge in [0, 0.05) is 12.5 Å². The largest absolute Gasteiger partial charge is 0.284 e. The number of piperidine rings is 1. The van der Waals surface area contributed by atoms with Gasteiger partial charge in [-0.3, -0.25) is 5.32 Å². The fraction of sp³-hybridized carbons (Fsp3) is 0.714. The van der Waals surface area contributed by atoms with Crippen LogP contribution in [0.3, 0.4) is 0 Å². The molecule has 0 aliphatic carbocycles. The van der Waals surface area contributed by atoms with Crippen molar-refractivity contribution in [3.63, 3.8) is 0 Å². The molecule has 1 fully saturated rings. The van der Waals surface area contributed by atoms with Crippen LogP contribution in [0.1, 0.15) is 13.3 Å². The molecule has 2 heteroatoms. The van der Waals surface area contributed by atoms with E-state index in [4.69, 9.17) is 0 Å². The van der Waals surface area contributed by atoms with Crippen LogP contribution >= 0.6 is 0 Å². The molecular weight excluding hydrogens is 117 g/mol. The summed E-state index contributed by atoms with van der Waals surface area (Å²) in [5.41, 5.74) is 1.11. The molecule has 1 N–H and O–H groups in total. The topological polar surface area (TPSA) is 12.0 Å². The van der Waals surface area contributed by atoms with Gasteiger partial charge in [-0.05, 0) is 6.42 Å². The maximum absolute atomic E-state index is 12.6. The van der Waals surface area contributed by atoms with Crippen LogP contribution in [-0.4, -0.2) is 12.8 Å². The Balaban J connectivity index is 2.44. The number of nitrogens with one attached hydrogen (secondary N) is 1. The van der Waals surface area contributed by atoms with E-state index >= 15 is 0 Å². The van der Waals surface area contributed by atoms with Crippen molar-refractivity contribution < 1.29 is 4.39 Å². The lowest BCUT2D eigenvalue weighted by Crippen LogP contribution is -2.37. The number of hydrogen-bond donors (Lipinski definition) is 1. The quantitative estimate of drug-likeness (QED) is 0.386. The van der Waals surface area contributed by atoms with Crippen LogP contribution in [0.25, 0.3) is 0 Å². The maximum Gasteiger partial charge on any atom is 0.154 e. The van der Waals surface area contributed by atoms with Crippen molar-refractivity contribution >= 4 is 0 Å². The fourth-order valence-corrected chi connectivity index (χ4v) is 1.07. The molecule has 0 spiro atoms. The number of rotatable bonds is 0. The summed E-state index contributed by atoms with van der Waals surface area (Å²) in [6, 6.07) is 0. The van der Waals surface area contributed by atoms with Gasteiger partial charge in [-0.25, -0.2) is 4.39 Å². The predicted octanol–water partition coefficient (Wildman–Crippen LogP) is 1.47. The van der Waals surface area contributed by atoms with Gasteiger partial charge in [0.05, 0.1) is 0 Å². The molecule has 0 saturated carbocycles. The van der Waals surface area contributed by atoms with Crippen LogP contribution in [0.4, 0.5) is 4.39 Å². The van der Waals surface area contributed by atoms with Gasteiger partial charge in [0.2, 0.25) is 0 Å². The highest BCUT2D eigenvalue weighted by Gasteiger charge is 2.20. The minimum Gasteiger partial charge on any atom is -0.284 e. The summed E-state index contributed by atoms with van der Waals surface area (Å²) in [7, 11) is 0. The van der Waals surface area contributed by atoms with Crippen LogP contribution < -0.4 is 5.32 Å². The van der Waals surface area contributed by atoms with Crippen LogP contribution in [0.2, 0.25) is 0 Å². The van der Waals surface area contributed by atoms with E-state index in [9.17, 15) is 4.39 Å². The first-order valence-electron chi connectivity index (χ1n) is 3.24. The number of alkyl halides is 1. The second-order valence-electron chi connectivity index (χ2n) is 2.71. The van der Waals surface area contributed by atoms with Gasteiger partial charge >= 0.3 is 0 Å². The summed E-state index contributed by atoms with van der Waals surface area (Å²) in [5, 5.41) is 2.72. The summed E-state index contributed by atoms with van der Waals surface area (Å²) in [5.74, 6) is 0.103. The standard InChI is InChI=1S/C7H12FN/c1-5-3-6(2)7(8)9-4-5/h6-7,9H,1,3-4H2,2H3. The third-order valence-electron chi connectivity index (χ3n) is 1.66. The fourth-order valence-electron chi connectivity index (χ4n) is 1.07. The third kappa shape index (κ3) is 1.52. The molecule has 0 aromatic rings. The van der Waals surface area contributed by atoms with Crippen molar-refractivity contribution in [1.82, 2.24) is 5.32 Å². The van der Waals surface area contributed by atoms with E-state index in [0.717, 1.165) is 12.0 Å². The first-order valence-corrected chi connectivity index (χ1v) is 3.24. The molecule has 1 heterocycles. The van der Waals surface area contributed by atoms with Gasteiger partial charge in [-0.1, -0.05) is 19.1 Å². The molecule has 1 saturated heterocycles. The van der Waals surface area contributed by atoms with E-state index in [-0.39, 0.29) is 5.92 Å². The first kappa shape index (κ1) is 6.75. The smallest absolute Gasteiger partial charge is 0.154 e. The molecule has 9 heavy (non-hydrogen) atoms. The molecule has 0 bridgehead atoms. The summed E-state index contributed by atoms with van der Waals surface area (Å²) < 4.78 is 12.6. The zero-order valence-electron chi connectivity index (χ0n) is 5.65. The lowest BCUT2D eigenvalue weighted by molar-refractivity contribution is 0.178. The summed E-state index contributed by atoms with van der Waals surface area (Å²) >= 11 is 0. The van der Waals surface area contributed by atoms with Crippen LogP contribution in [0, 0.1) is 5.92 Å². The van der Waals surface area contributed by atoms with E-state index in [1.807, 2.05) is 6.92 Å². The minimum atomic E-state index is -0.824. The Bertz CT molecular complexity index is 122. The number of halogens is 1. The second kappa shape index (κ2) is 2.48. The summed E-state index contributed by atoms with van der Waals surface area (Å²) in [6.07, 6.45) is 0.00394. The lowest BCUT2D eigenvalue weighted by Gasteiger charge is -2.24. The maximum atomic E-state index is 12.6. The van der Waals surface area contributed by atoms with E-state index in [2.05, 4.69) is 11.9 Å². The normalized spacial score (nSPS) is 36.9. The molecule has 0 aromatic heterocycles. The molecule has 1 aliphatic heterocycles. The van der Waals surface area contributed by atoms with Crippen LogP contribution in [-0.2, 0) is 0 Å². The van der Waals surface area contributed by atoms with Gasteiger partial charge < -0.3 is 0 Å². The molecule has 2 atom stereocenters. The van der Waals surface area contributed by atoms with Crippen molar-refractivity contribution in [3.8, 4) is 0 Å². The predicted molar refractivity (Wildman–Crippen MR) is 35.8 cm³/mol. The molecule has 1 rings (SSSR count). The Morgan fingerprint density at radius 3 is 2.89 bits per heavy atom. The van der Waals surface area contributed by atoms with E-state index < -0.39 is 6.30 Å². The Morgan fingerprint density at radius 1 is 1.78 bits per heavy atom. The molecular formula is C7H12FN. The SMILES string of the molecule is C=C1CNC(F)C(C)C1. The molecule has 0 radical (unpaired) electrons. The molecule has 2 unspecified atom stereocenters. The Labute approximate surface area is 54.9 Å². The van der Waals surface area contributed by atoms with Crippen molar-refractivity contribution in [2.45, 2.75) is 19.6 Å². The minimum absolute atomic E-state index is 0.103. The van der Waals surface area contributed by atoms with Crippen molar-refractivity contribution in [3.05, 3.63) is 12.2 Å². The highest BCUT2D eigenvalue weighted by molar-refractivity contribution is 5.02. The monoisotopic (exact) mass is 129 g/mol. The van der Waals surface area contributed by atoms with Gasteiger partial charge in [0.1, 0.15) is 0 Å². The molecule has 52 valence electrons. The zero-order valence-corrected chi connectivity index (χ0v) is 5.65. The first-order chi connectivity index (χ1) is 4.20. The summed E-state index contributed by atoms with van der Waals surface area (Å²) in [6.45, 7) is 6.31. The Kier molecular flexibility index (Phi) is 1.86. The summed E-state index contributed by atoms with van der Waals surface area (Å²) in [4.78, 5) is 0. The molecule has 0 aromatic carbocycles. The zero-order chi connectivity index (χ0) is 6.85. The van der Waals surface area contributed by atoms with Crippen molar-refractivity contribution in [2.75, 3.05) is 6.54 Å². The Morgan fingerprint density at radius 2 is 2.44 bits per heavy atom. The van der Waals surface area contributed by atoms with Gasteiger partial charge in [-0.2, -0.15) is 0 Å². The average Bonchev–Trinajstić information content (AvgIpc) is 1.80. The van der Waals surface area contributed by atoms with E-state index in [0.29, 0.717) is 6.54 Å². The third-order valence-corrected chi connectivity index (χ3v) is 1.66. The number of hydrogen-bond acceptors (Lipinski definition) is 1.